The van der Waals surface area contributed by atoms with Gasteiger partial charge in [0, 0.05) is 26.1 Å². The van der Waals surface area contributed by atoms with Gasteiger partial charge in [0.2, 0.25) is 0 Å². The molecule has 0 aromatic carbocycles. The van der Waals surface area contributed by atoms with Crippen LogP contribution in [0.2, 0.25) is 5.02 Å². The molecule has 0 spiro atoms. The second kappa shape index (κ2) is 6.92. The van der Waals surface area contributed by atoms with Crippen molar-refractivity contribution in [1.82, 2.24) is 9.78 Å². The lowest BCUT2D eigenvalue weighted by molar-refractivity contribution is -0.00203. The zero-order valence-corrected chi connectivity index (χ0v) is 14.3. The first-order chi connectivity index (χ1) is 9.26. The third-order valence-corrected chi connectivity index (χ3v) is 4.06. The van der Waals surface area contributed by atoms with Gasteiger partial charge in [-0.25, -0.2) is 0 Å². The Hall–Kier alpha value is -0.580. The van der Waals surface area contributed by atoms with Gasteiger partial charge in [0.05, 0.1) is 22.5 Å². The number of nitrogens with zero attached hydrogens (tertiary/aromatic N) is 2. The minimum absolute atomic E-state index is 0.00864. The minimum atomic E-state index is -0.107. The molecule has 5 heteroatoms. The quantitative estimate of drug-likeness (QED) is 0.878. The molecule has 0 saturated heterocycles. The highest BCUT2D eigenvalue weighted by molar-refractivity contribution is 6.31. The number of halogens is 1. The van der Waals surface area contributed by atoms with Crippen molar-refractivity contribution in [2.24, 2.45) is 11.1 Å². The molecule has 0 aliphatic heterocycles. The molecule has 0 aliphatic carbocycles. The summed E-state index contributed by atoms with van der Waals surface area (Å²) in [7, 11) is 1.71. The molecule has 2 N–H and O–H groups in total. The maximum Gasteiger partial charge on any atom is 0.0850 e. The van der Waals surface area contributed by atoms with Gasteiger partial charge < -0.3 is 10.5 Å². The molecule has 1 rings (SSSR count). The Labute approximate surface area is 127 Å². The van der Waals surface area contributed by atoms with E-state index in [-0.39, 0.29) is 17.6 Å². The molecular formula is C15H28ClN3O. The van der Waals surface area contributed by atoms with Gasteiger partial charge in [-0.2, -0.15) is 5.10 Å². The SMILES string of the molecule is CCc1nn(CC)c(CC(N)C(OC)C(C)(C)C)c1Cl. The van der Waals surface area contributed by atoms with E-state index in [0.29, 0.717) is 6.42 Å². The van der Waals surface area contributed by atoms with E-state index in [2.05, 4.69) is 39.7 Å². The van der Waals surface area contributed by atoms with Crippen molar-refractivity contribution >= 4 is 11.6 Å². The van der Waals surface area contributed by atoms with Crippen LogP contribution in [0.1, 0.15) is 46.0 Å². The summed E-state index contributed by atoms with van der Waals surface area (Å²) in [6.45, 7) is 11.3. The predicted molar refractivity (Wildman–Crippen MR) is 84.2 cm³/mol. The fraction of sp³-hybridized carbons (Fsp3) is 0.800. The van der Waals surface area contributed by atoms with Crippen molar-refractivity contribution < 1.29 is 4.74 Å². The Morgan fingerprint density at radius 2 is 1.95 bits per heavy atom. The average molecular weight is 302 g/mol. The summed E-state index contributed by atoms with van der Waals surface area (Å²) in [4.78, 5) is 0. The first-order valence-corrected chi connectivity index (χ1v) is 7.66. The molecule has 1 heterocycles. The molecular weight excluding hydrogens is 274 g/mol. The lowest BCUT2D eigenvalue weighted by Gasteiger charge is -2.34. The molecule has 116 valence electrons. The topological polar surface area (TPSA) is 53.1 Å². The Morgan fingerprint density at radius 3 is 2.35 bits per heavy atom. The van der Waals surface area contributed by atoms with Gasteiger partial charge >= 0.3 is 0 Å². The van der Waals surface area contributed by atoms with Gasteiger partial charge in [-0.3, -0.25) is 4.68 Å². The fourth-order valence-electron chi connectivity index (χ4n) is 2.71. The van der Waals surface area contributed by atoms with Crippen molar-refractivity contribution in [1.29, 1.82) is 0 Å². The first-order valence-electron chi connectivity index (χ1n) is 7.28. The Kier molecular flexibility index (Phi) is 6.05. The highest BCUT2D eigenvalue weighted by Crippen LogP contribution is 2.28. The average Bonchev–Trinajstić information content (AvgIpc) is 2.65. The van der Waals surface area contributed by atoms with Crippen molar-refractivity contribution in [3.8, 4) is 0 Å². The number of ether oxygens (including phenoxy) is 1. The summed E-state index contributed by atoms with van der Waals surface area (Å²) < 4.78 is 7.55. The van der Waals surface area contributed by atoms with E-state index in [1.54, 1.807) is 7.11 Å². The lowest BCUT2D eigenvalue weighted by atomic mass is 9.83. The van der Waals surface area contributed by atoms with E-state index in [4.69, 9.17) is 22.1 Å². The molecule has 2 unspecified atom stereocenters. The number of hydrogen-bond donors (Lipinski definition) is 1. The maximum atomic E-state index is 6.43. The monoisotopic (exact) mass is 301 g/mol. The molecule has 1 aromatic rings. The highest BCUT2D eigenvalue weighted by Gasteiger charge is 2.31. The standard InChI is InChI=1S/C15H28ClN3O/c1-7-11-13(16)12(19(8-2)18-11)9-10(17)14(20-6)15(3,4)5/h10,14H,7-9,17H2,1-6H3. The number of rotatable bonds is 6. The van der Waals surface area contributed by atoms with Gasteiger partial charge in [-0.1, -0.05) is 39.3 Å². The van der Waals surface area contributed by atoms with E-state index in [9.17, 15) is 0 Å². The lowest BCUT2D eigenvalue weighted by Crippen LogP contribution is -2.46. The molecule has 0 bridgehead atoms. The Balaban J connectivity index is 3.00. The van der Waals surface area contributed by atoms with Crippen molar-refractivity contribution in [3.63, 3.8) is 0 Å². The molecule has 20 heavy (non-hydrogen) atoms. The molecule has 0 saturated carbocycles. The van der Waals surface area contributed by atoms with Crippen molar-refractivity contribution in [3.05, 3.63) is 16.4 Å². The zero-order chi connectivity index (χ0) is 15.5. The van der Waals surface area contributed by atoms with Crippen molar-refractivity contribution in [2.45, 2.75) is 66.2 Å². The van der Waals surface area contributed by atoms with Gasteiger partial charge in [-0.15, -0.1) is 0 Å². The predicted octanol–water partition coefficient (Wildman–Crippen LogP) is 3.05. The third kappa shape index (κ3) is 3.74. The van der Waals surface area contributed by atoms with E-state index < -0.39 is 0 Å². The summed E-state index contributed by atoms with van der Waals surface area (Å²) in [5, 5.41) is 5.29. The van der Waals surface area contributed by atoms with Crippen molar-refractivity contribution in [2.75, 3.05) is 7.11 Å². The molecule has 0 fully saturated rings. The second-order valence-corrected chi connectivity index (χ2v) is 6.64. The Bertz CT molecular complexity index is 437. The summed E-state index contributed by atoms with van der Waals surface area (Å²) in [5.74, 6) is 0. The minimum Gasteiger partial charge on any atom is -0.379 e. The number of aryl methyl sites for hydroxylation is 2. The fourth-order valence-corrected chi connectivity index (χ4v) is 3.06. The third-order valence-electron chi connectivity index (χ3n) is 3.62. The van der Waals surface area contributed by atoms with Crippen LogP contribution in [0.5, 0.6) is 0 Å². The first kappa shape index (κ1) is 17.5. The molecule has 1 aromatic heterocycles. The number of hydrogen-bond acceptors (Lipinski definition) is 3. The maximum absolute atomic E-state index is 6.43. The summed E-state index contributed by atoms with van der Waals surface area (Å²) >= 11 is 6.43. The van der Waals surface area contributed by atoms with Crippen LogP contribution < -0.4 is 5.73 Å². The van der Waals surface area contributed by atoms with Crippen LogP contribution in [-0.2, 0) is 24.1 Å². The summed E-state index contributed by atoms with van der Waals surface area (Å²) in [5.41, 5.74) is 8.32. The van der Waals surface area contributed by atoms with E-state index in [1.807, 2.05) is 4.68 Å². The van der Waals surface area contributed by atoms with Gasteiger partial charge in [-0.05, 0) is 18.8 Å². The molecule has 0 radical (unpaired) electrons. The normalized spacial score (nSPS) is 15.4. The Morgan fingerprint density at radius 1 is 1.35 bits per heavy atom. The van der Waals surface area contributed by atoms with Crippen LogP contribution in [0.3, 0.4) is 0 Å². The van der Waals surface area contributed by atoms with Crippen LogP contribution in [-0.4, -0.2) is 29.0 Å². The van der Waals surface area contributed by atoms with E-state index >= 15 is 0 Å². The van der Waals surface area contributed by atoms with E-state index in [1.165, 1.54) is 0 Å². The summed E-state index contributed by atoms with van der Waals surface area (Å²) in [6.07, 6.45) is 1.49. The van der Waals surface area contributed by atoms with Crippen LogP contribution in [0.25, 0.3) is 0 Å². The molecule has 2 atom stereocenters. The summed E-state index contributed by atoms with van der Waals surface area (Å²) in [6, 6.07) is -0.107. The largest absolute Gasteiger partial charge is 0.379 e. The smallest absolute Gasteiger partial charge is 0.0850 e. The van der Waals surface area contributed by atoms with Crippen LogP contribution in [0, 0.1) is 5.41 Å². The van der Waals surface area contributed by atoms with Gasteiger partial charge in [0.25, 0.3) is 0 Å². The highest BCUT2D eigenvalue weighted by atomic mass is 35.5. The van der Waals surface area contributed by atoms with Gasteiger partial charge in [0.1, 0.15) is 0 Å². The molecule has 0 amide bonds. The molecule has 4 nitrogen and oxygen atoms in total. The van der Waals surface area contributed by atoms with Gasteiger partial charge in [0.15, 0.2) is 0 Å². The van der Waals surface area contributed by atoms with Crippen LogP contribution in [0.15, 0.2) is 0 Å². The number of aromatic nitrogens is 2. The van der Waals surface area contributed by atoms with E-state index in [0.717, 1.165) is 29.4 Å². The number of nitrogens with two attached hydrogens (primary N) is 1. The zero-order valence-electron chi connectivity index (χ0n) is 13.5. The molecule has 0 aliphatic rings. The van der Waals surface area contributed by atoms with Crippen LogP contribution in [0.4, 0.5) is 0 Å². The number of methoxy groups -OCH3 is 1. The van der Waals surface area contributed by atoms with Crippen LogP contribution >= 0.6 is 11.6 Å². The second-order valence-electron chi connectivity index (χ2n) is 6.27.